The number of aliphatic hydroxyl groups is 3. The number of carbonyl (C=O) groups excluding carboxylic acids is 1. The summed E-state index contributed by atoms with van der Waals surface area (Å²) in [6.45, 7) is 2.11. The summed E-state index contributed by atoms with van der Waals surface area (Å²) >= 11 is 0. The van der Waals surface area contributed by atoms with Gasteiger partial charge in [0.05, 0.1) is 6.61 Å². The molecule has 0 spiro atoms. The van der Waals surface area contributed by atoms with Crippen LogP contribution in [0.25, 0.3) is 0 Å². The summed E-state index contributed by atoms with van der Waals surface area (Å²) in [4.78, 5) is 11.8. The first kappa shape index (κ1) is 31.3. The topological polar surface area (TPSA) is 96.2 Å². The first-order valence-electron chi connectivity index (χ1n) is 14.4. The molecule has 1 saturated heterocycles. The summed E-state index contributed by atoms with van der Waals surface area (Å²) in [6, 6.07) is 0. The van der Waals surface area contributed by atoms with Crippen LogP contribution >= 0.6 is 0 Å². The van der Waals surface area contributed by atoms with Gasteiger partial charge in [0.2, 0.25) is 0 Å². The SMILES string of the molecule is CCCCCCCCCCCCCCCCCCCCCC(=O)OCC1OCC(O)C(O)C1O. The van der Waals surface area contributed by atoms with Crippen molar-refractivity contribution in [1.29, 1.82) is 0 Å². The molecule has 4 unspecified atom stereocenters. The third-order valence-electron chi connectivity index (χ3n) is 7.00. The predicted octanol–water partition coefficient (Wildman–Crippen LogP) is 5.83. The van der Waals surface area contributed by atoms with Gasteiger partial charge in [-0.3, -0.25) is 4.79 Å². The molecule has 0 saturated carbocycles. The standard InChI is InChI=1S/C28H54O6/c1-2-3-4-5-6-7-8-9-10-11-12-13-14-15-16-17-18-19-20-21-26(30)34-23-25-28(32)27(31)24(29)22-33-25/h24-25,27-29,31-32H,2-23H2,1H3. The minimum Gasteiger partial charge on any atom is -0.463 e. The highest BCUT2D eigenvalue weighted by atomic mass is 16.6. The fourth-order valence-electron chi connectivity index (χ4n) is 4.61. The van der Waals surface area contributed by atoms with Crippen LogP contribution in [0.2, 0.25) is 0 Å². The number of carbonyl (C=O) groups is 1. The van der Waals surface area contributed by atoms with Crippen molar-refractivity contribution in [3.05, 3.63) is 0 Å². The van der Waals surface area contributed by atoms with Gasteiger partial charge in [-0.1, -0.05) is 122 Å². The van der Waals surface area contributed by atoms with E-state index in [0.717, 1.165) is 19.3 Å². The van der Waals surface area contributed by atoms with E-state index in [4.69, 9.17) is 9.47 Å². The van der Waals surface area contributed by atoms with E-state index in [1.807, 2.05) is 0 Å². The molecule has 3 N–H and O–H groups in total. The number of rotatable bonds is 22. The van der Waals surface area contributed by atoms with Gasteiger partial charge in [0, 0.05) is 6.42 Å². The number of ether oxygens (including phenoxy) is 2. The quantitative estimate of drug-likeness (QED) is 0.132. The van der Waals surface area contributed by atoms with E-state index in [9.17, 15) is 20.1 Å². The fraction of sp³-hybridized carbons (Fsp3) is 0.964. The van der Waals surface area contributed by atoms with E-state index in [0.29, 0.717) is 6.42 Å². The van der Waals surface area contributed by atoms with Crippen LogP contribution in [0, 0.1) is 0 Å². The molecule has 1 heterocycles. The van der Waals surface area contributed by atoms with Gasteiger partial charge in [-0.25, -0.2) is 0 Å². The molecule has 1 aliphatic heterocycles. The van der Waals surface area contributed by atoms with Crippen molar-refractivity contribution in [2.24, 2.45) is 0 Å². The number of esters is 1. The fourth-order valence-corrected chi connectivity index (χ4v) is 4.61. The molecule has 6 nitrogen and oxygen atoms in total. The average Bonchev–Trinajstić information content (AvgIpc) is 2.83. The molecule has 0 aliphatic carbocycles. The van der Waals surface area contributed by atoms with E-state index >= 15 is 0 Å². The molecule has 0 bridgehead atoms. The Bertz CT molecular complexity index is 472. The molecule has 202 valence electrons. The Labute approximate surface area is 208 Å². The number of hydrogen-bond donors (Lipinski definition) is 3. The van der Waals surface area contributed by atoms with Gasteiger partial charge in [-0.2, -0.15) is 0 Å². The highest BCUT2D eigenvalue weighted by molar-refractivity contribution is 5.69. The summed E-state index contributed by atoms with van der Waals surface area (Å²) in [5.41, 5.74) is 0. The Morgan fingerprint density at radius 3 is 1.53 bits per heavy atom. The summed E-state index contributed by atoms with van der Waals surface area (Å²) in [6.07, 6.45) is 21.0. The van der Waals surface area contributed by atoms with E-state index in [1.54, 1.807) is 0 Å². The molecule has 0 radical (unpaired) electrons. The molecule has 4 atom stereocenters. The number of hydrogen-bond acceptors (Lipinski definition) is 6. The van der Waals surface area contributed by atoms with Crippen LogP contribution in [0.15, 0.2) is 0 Å². The lowest BCUT2D eigenvalue weighted by Gasteiger charge is -2.34. The Morgan fingerprint density at radius 1 is 0.676 bits per heavy atom. The average molecular weight is 487 g/mol. The van der Waals surface area contributed by atoms with Crippen molar-refractivity contribution in [3.63, 3.8) is 0 Å². The van der Waals surface area contributed by atoms with Crippen LogP contribution in [0.3, 0.4) is 0 Å². The Kier molecular flexibility index (Phi) is 19.9. The van der Waals surface area contributed by atoms with Crippen LogP contribution in [0.5, 0.6) is 0 Å². The molecule has 0 amide bonds. The molecule has 1 fully saturated rings. The van der Waals surface area contributed by atoms with E-state index in [-0.39, 0.29) is 19.2 Å². The normalized spacial score (nSPS) is 22.7. The van der Waals surface area contributed by atoms with Crippen molar-refractivity contribution >= 4 is 5.97 Å². The van der Waals surface area contributed by atoms with Gasteiger partial charge < -0.3 is 24.8 Å². The maximum absolute atomic E-state index is 11.8. The van der Waals surface area contributed by atoms with Gasteiger partial charge >= 0.3 is 5.97 Å². The molecule has 34 heavy (non-hydrogen) atoms. The molecule has 6 heteroatoms. The summed E-state index contributed by atoms with van der Waals surface area (Å²) in [7, 11) is 0. The predicted molar refractivity (Wildman–Crippen MR) is 137 cm³/mol. The van der Waals surface area contributed by atoms with Crippen LogP contribution in [0.4, 0.5) is 0 Å². The zero-order valence-electron chi connectivity index (χ0n) is 21.9. The van der Waals surface area contributed by atoms with E-state index < -0.39 is 24.4 Å². The summed E-state index contributed by atoms with van der Waals surface area (Å²) in [5.74, 6) is -0.302. The van der Waals surface area contributed by atoms with Crippen LogP contribution in [-0.2, 0) is 14.3 Å². The van der Waals surface area contributed by atoms with Gasteiger partial charge in [-0.15, -0.1) is 0 Å². The second-order valence-corrected chi connectivity index (χ2v) is 10.2. The minimum atomic E-state index is -1.27. The first-order valence-corrected chi connectivity index (χ1v) is 14.4. The van der Waals surface area contributed by atoms with Crippen LogP contribution < -0.4 is 0 Å². The zero-order chi connectivity index (χ0) is 24.9. The maximum atomic E-state index is 11.8. The molecule has 1 rings (SSSR count). The minimum absolute atomic E-state index is 0.0697. The molecular weight excluding hydrogens is 432 g/mol. The third kappa shape index (κ3) is 16.1. The van der Waals surface area contributed by atoms with Crippen molar-refractivity contribution < 1.29 is 29.6 Å². The second kappa shape index (κ2) is 21.6. The summed E-state index contributed by atoms with van der Waals surface area (Å²) < 4.78 is 10.4. The van der Waals surface area contributed by atoms with Gasteiger partial charge in [-0.05, 0) is 6.42 Å². The lowest BCUT2D eigenvalue weighted by Crippen LogP contribution is -2.54. The largest absolute Gasteiger partial charge is 0.463 e. The second-order valence-electron chi connectivity index (χ2n) is 10.2. The molecule has 0 aromatic carbocycles. The van der Waals surface area contributed by atoms with Crippen molar-refractivity contribution in [1.82, 2.24) is 0 Å². The van der Waals surface area contributed by atoms with Gasteiger partial charge in [0.15, 0.2) is 0 Å². The van der Waals surface area contributed by atoms with Crippen molar-refractivity contribution in [2.45, 2.75) is 160 Å². The summed E-state index contributed by atoms with van der Waals surface area (Å²) in [5, 5.41) is 28.9. The molecule has 0 aromatic heterocycles. The lowest BCUT2D eigenvalue weighted by atomic mass is 10.0. The molecular formula is C28H54O6. The van der Waals surface area contributed by atoms with Crippen molar-refractivity contribution in [3.8, 4) is 0 Å². The zero-order valence-corrected chi connectivity index (χ0v) is 21.9. The number of aliphatic hydroxyl groups excluding tert-OH is 3. The van der Waals surface area contributed by atoms with Gasteiger partial charge in [0.1, 0.15) is 31.0 Å². The maximum Gasteiger partial charge on any atom is 0.305 e. The van der Waals surface area contributed by atoms with E-state index in [2.05, 4.69) is 6.92 Å². The highest BCUT2D eigenvalue weighted by Gasteiger charge is 2.38. The Morgan fingerprint density at radius 2 is 1.09 bits per heavy atom. The van der Waals surface area contributed by atoms with E-state index in [1.165, 1.54) is 103 Å². The number of unbranched alkanes of at least 4 members (excludes halogenated alkanes) is 18. The molecule has 0 aromatic rings. The van der Waals surface area contributed by atoms with Crippen LogP contribution in [-0.4, -0.2) is 58.9 Å². The Balaban J connectivity index is 1.78. The highest BCUT2D eigenvalue weighted by Crippen LogP contribution is 2.17. The van der Waals surface area contributed by atoms with Crippen LogP contribution in [0.1, 0.15) is 135 Å². The monoisotopic (exact) mass is 486 g/mol. The Hall–Kier alpha value is -0.690. The first-order chi connectivity index (χ1) is 16.6. The lowest BCUT2D eigenvalue weighted by molar-refractivity contribution is -0.201. The van der Waals surface area contributed by atoms with Gasteiger partial charge in [0.25, 0.3) is 0 Å². The smallest absolute Gasteiger partial charge is 0.305 e. The third-order valence-corrected chi connectivity index (χ3v) is 7.00. The molecule has 1 aliphatic rings. The van der Waals surface area contributed by atoms with Crippen molar-refractivity contribution in [2.75, 3.05) is 13.2 Å².